The molecule has 1 atom stereocenters. The van der Waals surface area contributed by atoms with E-state index in [-0.39, 0.29) is 5.75 Å². The molecule has 0 aliphatic carbocycles. The summed E-state index contributed by atoms with van der Waals surface area (Å²) in [4.78, 5) is 11.2. The maximum Gasteiger partial charge on any atom is 0.225 e. The summed E-state index contributed by atoms with van der Waals surface area (Å²) < 4.78 is 14.9. The molecule has 1 aromatic carbocycles. The summed E-state index contributed by atoms with van der Waals surface area (Å²) in [7, 11) is 2.11. The summed E-state index contributed by atoms with van der Waals surface area (Å²) in [6, 6.07) is 2.75. The number of hydrogen-bond acceptors (Lipinski definition) is 6. The van der Waals surface area contributed by atoms with Crippen LogP contribution in [0.2, 0.25) is 0 Å². The van der Waals surface area contributed by atoms with Gasteiger partial charge in [-0.25, -0.2) is 14.1 Å². The molecule has 8 heteroatoms. The van der Waals surface area contributed by atoms with Crippen LogP contribution in [0.4, 0.5) is 10.3 Å². The van der Waals surface area contributed by atoms with Crippen LogP contribution in [-0.2, 0) is 0 Å². The van der Waals surface area contributed by atoms with E-state index in [4.69, 9.17) is 0 Å². The van der Waals surface area contributed by atoms with Gasteiger partial charge in [-0.3, -0.25) is 0 Å². The number of aromatic hydroxyl groups is 1. The number of rotatable bonds is 3. The molecule has 136 valence electrons. The number of phenols is 1. The summed E-state index contributed by atoms with van der Waals surface area (Å²) in [6.07, 6.45) is 5.67. The summed E-state index contributed by atoms with van der Waals surface area (Å²) in [5.74, 6) is -0.0980. The number of anilines is 1. The van der Waals surface area contributed by atoms with E-state index >= 15 is 0 Å². The number of halogens is 1. The third-order valence-electron chi connectivity index (χ3n) is 4.69. The van der Waals surface area contributed by atoms with Crippen LogP contribution in [-0.4, -0.2) is 55.9 Å². The zero-order valence-electron chi connectivity index (χ0n) is 14.8. The van der Waals surface area contributed by atoms with Crippen molar-refractivity contribution in [1.29, 1.82) is 0 Å². The van der Waals surface area contributed by atoms with E-state index < -0.39 is 5.82 Å². The predicted molar refractivity (Wildman–Crippen MR) is 97.2 cm³/mol. The Labute approximate surface area is 150 Å². The average molecular weight is 356 g/mol. The minimum atomic E-state index is -0.482. The van der Waals surface area contributed by atoms with Crippen LogP contribution in [0.25, 0.3) is 16.7 Å². The largest absolute Gasteiger partial charge is 0.506 e. The second-order valence-electron chi connectivity index (χ2n) is 6.88. The molecule has 2 aromatic heterocycles. The normalized spacial score (nSPS) is 18.3. The van der Waals surface area contributed by atoms with Crippen LogP contribution < -0.4 is 5.32 Å². The van der Waals surface area contributed by atoms with Crippen LogP contribution in [0.15, 0.2) is 24.5 Å². The van der Waals surface area contributed by atoms with Gasteiger partial charge in [0, 0.05) is 31.0 Å². The smallest absolute Gasteiger partial charge is 0.225 e. The lowest BCUT2D eigenvalue weighted by atomic mass is 10.1. The molecule has 1 aliphatic rings. The first-order valence-electron chi connectivity index (χ1n) is 8.66. The molecule has 0 bridgehead atoms. The highest BCUT2D eigenvalue weighted by molar-refractivity contribution is 5.75. The van der Waals surface area contributed by atoms with Crippen molar-refractivity contribution in [3.05, 3.63) is 35.9 Å². The number of fused-ring (bicyclic) bond motifs is 1. The lowest BCUT2D eigenvalue weighted by molar-refractivity contribution is 0.260. The van der Waals surface area contributed by atoms with Crippen molar-refractivity contribution in [2.24, 2.45) is 0 Å². The fraction of sp³-hybridized carbons (Fsp3) is 0.389. The molecule has 0 spiro atoms. The molecule has 0 unspecified atom stereocenters. The molecule has 3 heterocycles. The number of benzene rings is 1. The van der Waals surface area contributed by atoms with Gasteiger partial charge in [-0.1, -0.05) is 0 Å². The molecule has 0 radical (unpaired) electrons. The fourth-order valence-electron chi connectivity index (χ4n) is 3.48. The topological polar surface area (TPSA) is 79.1 Å². The second-order valence-corrected chi connectivity index (χ2v) is 6.88. The predicted octanol–water partition coefficient (Wildman–Crippen LogP) is 2.47. The Bertz CT molecular complexity index is 933. The Hall–Kier alpha value is -2.74. The van der Waals surface area contributed by atoms with E-state index in [0.717, 1.165) is 37.4 Å². The van der Waals surface area contributed by atoms with Gasteiger partial charge in [0.05, 0.1) is 5.39 Å². The number of nitrogens with one attached hydrogen (secondary N) is 1. The highest BCUT2D eigenvalue weighted by atomic mass is 19.1. The summed E-state index contributed by atoms with van der Waals surface area (Å²) >= 11 is 0. The van der Waals surface area contributed by atoms with Gasteiger partial charge in [-0.2, -0.15) is 4.98 Å². The number of likely N-dealkylation sites (tertiary alicyclic amines) is 1. The molecular formula is C18H21FN6O. The minimum Gasteiger partial charge on any atom is -0.506 e. The Balaban J connectivity index is 1.64. The number of phenolic OH excluding ortho intramolecular Hbond substituents is 1. The Morgan fingerprint density at radius 2 is 2.19 bits per heavy atom. The van der Waals surface area contributed by atoms with Crippen LogP contribution in [0.5, 0.6) is 5.75 Å². The molecule has 3 aromatic rings. The molecule has 4 rings (SSSR count). The quantitative estimate of drug-likeness (QED) is 0.751. The highest BCUT2D eigenvalue weighted by Gasteiger charge is 2.18. The highest BCUT2D eigenvalue weighted by Crippen LogP contribution is 2.27. The van der Waals surface area contributed by atoms with Crippen LogP contribution >= 0.6 is 0 Å². The molecule has 1 aliphatic heterocycles. The van der Waals surface area contributed by atoms with Gasteiger partial charge in [0.25, 0.3) is 0 Å². The first-order valence-corrected chi connectivity index (χ1v) is 8.66. The van der Waals surface area contributed by atoms with Crippen molar-refractivity contribution in [3.8, 4) is 11.4 Å². The molecule has 1 saturated heterocycles. The van der Waals surface area contributed by atoms with Gasteiger partial charge >= 0.3 is 0 Å². The van der Waals surface area contributed by atoms with Gasteiger partial charge in [-0.15, -0.1) is 5.10 Å². The molecule has 7 nitrogen and oxygen atoms in total. The van der Waals surface area contributed by atoms with Gasteiger partial charge in [0.1, 0.15) is 17.3 Å². The Kier molecular flexibility index (Phi) is 4.20. The third-order valence-corrected chi connectivity index (χ3v) is 4.69. The van der Waals surface area contributed by atoms with E-state index in [1.165, 1.54) is 10.7 Å². The first kappa shape index (κ1) is 16.7. The van der Waals surface area contributed by atoms with Crippen LogP contribution in [0.1, 0.15) is 18.4 Å². The number of piperidine rings is 1. The number of nitrogens with zero attached hydrogens (tertiary/aromatic N) is 5. The average Bonchev–Trinajstić information content (AvgIpc) is 2.96. The second kappa shape index (κ2) is 6.53. The van der Waals surface area contributed by atoms with Crippen molar-refractivity contribution < 1.29 is 9.50 Å². The standard InChI is InChI=1S/C18H21FN6O/c1-11-6-13(19)7-15(26)16(11)25-9-12-8-20-18(22-17(12)23-25)21-14-4-3-5-24(2)10-14/h6-9,14,26H,3-5,10H2,1-2H3,(H,21,22,23)/t14-/m1/s1. The van der Waals surface area contributed by atoms with Gasteiger partial charge in [0.15, 0.2) is 5.65 Å². The van der Waals surface area contributed by atoms with Gasteiger partial charge < -0.3 is 15.3 Å². The van der Waals surface area contributed by atoms with Crippen LogP contribution in [0.3, 0.4) is 0 Å². The zero-order chi connectivity index (χ0) is 18.3. The van der Waals surface area contributed by atoms with Gasteiger partial charge in [0.2, 0.25) is 5.95 Å². The maximum atomic E-state index is 13.4. The van der Waals surface area contributed by atoms with E-state index in [0.29, 0.717) is 28.9 Å². The summed E-state index contributed by atoms with van der Waals surface area (Å²) in [5.41, 5.74) is 1.55. The van der Waals surface area contributed by atoms with Crippen molar-refractivity contribution in [2.75, 3.05) is 25.5 Å². The fourth-order valence-corrected chi connectivity index (χ4v) is 3.48. The summed E-state index contributed by atoms with van der Waals surface area (Å²) in [5, 5.41) is 18.6. The number of likely N-dealkylation sites (N-methyl/N-ethyl adjacent to an activating group) is 1. The third kappa shape index (κ3) is 3.20. The van der Waals surface area contributed by atoms with Crippen molar-refractivity contribution in [1.82, 2.24) is 24.6 Å². The van der Waals surface area contributed by atoms with E-state index in [1.54, 1.807) is 19.3 Å². The van der Waals surface area contributed by atoms with Gasteiger partial charge in [-0.05, 0) is 45.0 Å². The van der Waals surface area contributed by atoms with E-state index in [2.05, 4.69) is 32.3 Å². The lowest BCUT2D eigenvalue weighted by Gasteiger charge is -2.30. The number of hydrogen-bond donors (Lipinski definition) is 2. The van der Waals surface area contributed by atoms with Crippen LogP contribution in [0, 0.1) is 12.7 Å². The monoisotopic (exact) mass is 356 g/mol. The SMILES string of the molecule is Cc1cc(F)cc(O)c1-n1cc2cnc(N[C@@H]3CCCN(C)C3)nc2n1. The van der Waals surface area contributed by atoms with E-state index in [9.17, 15) is 9.50 Å². The lowest BCUT2D eigenvalue weighted by Crippen LogP contribution is -2.40. The maximum absolute atomic E-state index is 13.4. The number of aromatic nitrogens is 4. The van der Waals surface area contributed by atoms with Crippen molar-refractivity contribution >= 4 is 17.0 Å². The van der Waals surface area contributed by atoms with E-state index in [1.807, 2.05) is 0 Å². The number of aryl methyl sites for hydroxylation is 1. The first-order chi connectivity index (χ1) is 12.5. The Morgan fingerprint density at radius 1 is 1.35 bits per heavy atom. The van der Waals surface area contributed by atoms with Crippen molar-refractivity contribution in [3.63, 3.8) is 0 Å². The molecule has 0 saturated carbocycles. The molecule has 1 fully saturated rings. The summed E-state index contributed by atoms with van der Waals surface area (Å²) in [6.45, 7) is 3.80. The zero-order valence-corrected chi connectivity index (χ0v) is 14.8. The molecule has 0 amide bonds. The molecule has 2 N–H and O–H groups in total. The molecular weight excluding hydrogens is 335 g/mol. The van der Waals surface area contributed by atoms with Crippen molar-refractivity contribution in [2.45, 2.75) is 25.8 Å². The molecule has 26 heavy (non-hydrogen) atoms. The Morgan fingerprint density at radius 3 is 2.96 bits per heavy atom. The minimum absolute atomic E-state index is 0.160.